The number of aryl methyl sites for hydroxylation is 2. The maximum absolute atomic E-state index is 12.2. The number of oxazole rings is 1. The second-order valence-corrected chi connectivity index (χ2v) is 6.63. The molecule has 0 fully saturated rings. The molecule has 3 aromatic rings. The second kappa shape index (κ2) is 8.80. The van der Waals surface area contributed by atoms with Crippen LogP contribution >= 0.6 is 11.6 Å². The molecule has 0 atom stereocenters. The van der Waals surface area contributed by atoms with E-state index in [-0.39, 0.29) is 12.3 Å². The predicted molar refractivity (Wildman–Crippen MR) is 108 cm³/mol. The van der Waals surface area contributed by atoms with Crippen LogP contribution in [0.2, 0.25) is 5.02 Å². The lowest BCUT2D eigenvalue weighted by Gasteiger charge is -2.08. The van der Waals surface area contributed by atoms with Crippen LogP contribution in [0.3, 0.4) is 0 Å². The lowest BCUT2D eigenvalue weighted by molar-refractivity contribution is -0.116. The van der Waals surface area contributed by atoms with Crippen LogP contribution in [0, 0.1) is 6.92 Å². The fourth-order valence-corrected chi connectivity index (χ4v) is 2.89. The molecule has 28 heavy (non-hydrogen) atoms. The Morgan fingerprint density at radius 1 is 1.18 bits per heavy atom. The molecular formula is C21H21ClN2O4. The minimum absolute atomic E-state index is 0.132. The third-order valence-corrected chi connectivity index (χ3v) is 4.50. The summed E-state index contributed by atoms with van der Waals surface area (Å²) in [5, 5.41) is 3.44. The first-order valence-corrected chi connectivity index (χ1v) is 9.11. The number of amides is 1. The molecule has 0 bridgehead atoms. The van der Waals surface area contributed by atoms with Gasteiger partial charge in [0.05, 0.1) is 26.0 Å². The first-order valence-electron chi connectivity index (χ1n) is 8.73. The third-order valence-electron chi connectivity index (χ3n) is 4.27. The van der Waals surface area contributed by atoms with Crippen molar-refractivity contribution in [3.8, 4) is 22.8 Å². The summed E-state index contributed by atoms with van der Waals surface area (Å²) in [4.78, 5) is 16.5. The maximum Gasteiger partial charge on any atom is 0.224 e. The molecule has 0 spiro atoms. The van der Waals surface area contributed by atoms with E-state index in [1.54, 1.807) is 38.6 Å². The van der Waals surface area contributed by atoms with Crippen molar-refractivity contribution in [1.82, 2.24) is 4.98 Å². The first kappa shape index (κ1) is 19.8. The molecule has 0 aliphatic carbocycles. The molecule has 0 aliphatic rings. The Balaban J connectivity index is 1.65. The van der Waals surface area contributed by atoms with Gasteiger partial charge in [0, 0.05) is 29.6 Å². The monoisotopic (exact) mass is 400 g/mol. The van der Waals surface area contributed by atoms with Gasteiger partial charge in [-0.15, -0.1) is 0 Å². The van der Waals surface area contributed by atoms with Crippen molar-refractivity contribution < 1.29 is 18.7 Å². The number of anilines is 1. The molecular weight excluding hydrogens is 380 g/mol. The van der Waals surface area contributed by atoms with Gasteiger partial charge in [0.25, 0.3) is 0 Å². The van der Waals surface area contributed by atoms with E-state index in [9.17, 15) is 4.79 Å². The van der Waals surface area contributed by atoms with Crippen LogP contribution in [-0.2, 0) is 11.2 Å². The molecule has 0 saturated heterocycles. The van der Waals surface area contributed by atoms with E-state index in [0.29, 0.717) is 40.3 Å². The van der Waals surface area contributed by atoms with Crippen molar-refractivity contribution in [2.24, 2.45) is 0 Å². The minimum Gasteiger partial charge on any atom is -0.497 e. The number of aromatic nitrogens is 1. The number of hydrogen-bond acceptors (Lipinski definition) is 5. The van der Waals surface area contributed by atoms with Gasteiger partial charge in [-0.2, -0.15) is 0 Å². The Kier molecular flexibility index (Phi) is 6.21. The number of benzene rings is 2. The number of nitrogens with one attached hydrogen (secondary N) is 1. The summed E-state index contributed by atoms with van der Waals surface area (Å²) in [7, 11) is 3.18. The maximum atomic E-state index is 12.2. The topological polar surface area (TPSA) is 73.6 Å². The third kappa shape index (κ3) is 4.64. The molecule has 146 valence electrons. The second-order valence-electron chi connectivity index (χ2n) is 6.19. The zero-order valence-corrected chi connectivity index (χ0v) is 16.7. The Labute approximate surface area is 168 Å². The smallest absolute Gasteiger partial charge is 0.224 e. The predicted octanol–water partition coefficient (Wildman–Crippen LogP) is 4.89. The van der Waals surface area contributed by atoms with E-state index >= 15 is 0 Å². The number of halogens is 1. The number of nitrogens with zero attached hydrogens (tertiary/aromatic N) is 1. The van der Waals surface area contributed by atoms with Gasteiger partial charge in [-0.05, 0) is 36.8 Å². The van der Waals surface area contributed by atoms with Crippen molar-refractivity contribution in [3.63, 3.8) is 0 Å². The van der Waals surface area contributed by atoms with Crippen LogP contribution < -0.4 is 14.8 Å². The lowest BCUT2D eigenvalue weighted by Crippen LogP contribution is -2.13. The van der Waals surface area contributed by atoms with Crippen LogP contribution in [0.5, 0.6) is 11.5 Å². The largest absolute Gasteiger partial charge is 0.497 e. The van der Waals surface area contributed by atoms with Gasteiger partial charge in [-0.3, -0.25) is 4.79 Å². The number of carbonyl (C=O) groups is 1. The van der Waals surface area contributed by atoms with Gasteiger partial charge in [0.15, 0.2) is 11.7 Å². The summed E-state index contributed by atoms with van der Waals surface area (Å²) in [6.45, 7) is 1.91. The summed E-state index contributed by atoms with van der Waals surface area (Å²) < 4.78 is 16.4. The quantitative estimate of drug-likeness (QED) is 0.611. The van der Waals surface area contributed by atoms with Gasteiger partial charge in [0.2, 0.25) is 5.91 Å². The van der Waals surface area contributed by atoms with E-state index < -0.39 is 0 Å². The molecule has 1 aromatic heterocycles. The van der Waals surface area contributed by atoms with Gasteiger partial charge in [-0.25, -0.2) is 4.98 Å². The van der Waals surface area contributed by atoms with Gasteiger partial charge < -0.3 is 19.2 Å². The summed E-state index contributed by atoms with van der Waals surface area (Å²) in [6.07, 6.45) is 2.24. The van der Waals surface area contributed by atoms with Crippen LogP contribution in [0.1, 0.15) is 17.9 Å². The number of hydrogen-bond donors (Lipinski definition) is 1. The SMILES string of the molecule is COc1ccc(-c2cnc(CCC(=O)Nc3cc(Cl)ccc3C)o2)c(OC)c1. The average Bonchev–Trinajstić information content (AvgIpc) is 3.17. The van der Waals surface area contributed by atoms with Crippen LogP contribution in [0.15, 0.2) is 47.0 Å². The van der Waals surface area contributed by atoms with E-state index in [2.05, 4.69) is 10.3 Å². The van der Waals surface area contributed by atoms with Crippen molar-refractivity contribution in [1.29, 1.82) is 0 Å². The van der Waals surface area contributed by atoms with Crippen molar-refractivity contribution in [2.75, 3.05) is 19.5 Å². The highest BCUT2D eigenvalue weighted by molar-refractivity contribution is 6.31. The molecule has 3 rings (SSSR count). The Morgan fingerprint density at radius 2 is 2.00 bits per heavy atom. The Hall–Kier alpha value is -2.99. The van der Waals surface area contributed by atoms with E-state index in [1.165, 1.54) is 0 Å². The molecule has 1 N–H and O–H groups in total. The molecule has 0 aliphatic heterocycles. The van der Waals surface area contributed by atoms with Gasteiger partial charge >= 0.3 is 0 Å². The van der Waals surface area contributed by atoms with Crippen molar-refractivity contribution in [3.05, 3.63) is 59.1 Å². The van der Waals surface area contributed by atoms with Crippen LogP contribution in [0.4, 0.5) is 5.69 Å². The normalized spacial score (nSPS) is 10.6. The van der Waals surface area contributed by atoms with E-state index in [1.807, 2.05) is 25.1 Å². The zero-order valence-electron chi connectivity index (χ0n) is 15.9. The molecule has 0 saturated carbocycles. The van der Waals surface area contributed by atoms with Crippen LogP contribution in [0.25, 0.3) is 11.3 Å². The summed E-state index contributed by atoms with van der Waals surface area (Å²) in [5.74, 6) is 2.23. The van der Waals surface area contributed by atoms with Crippen LogP contribution in [-0.4, -0.2) is 25.1 Å². The van der Waals surface area contributed by atoms with Crippen molar-refractivity contribution >= 4 is 23.2 Å². The fraction of sp³-hybridized carbons (Fsp3) is 0.238. The summed E-state index contributed by atoms with van der Waals surface area (Å²) in [6, 6.07) is 10.8. The lowest BCUT2D eigenvalue weighted by atomic mass is 10.1. The molecule has 1 amide bonds. The minimum atomic E-state index is -0.132. The highest BCUT2D eigenvalue weighted by atomic mass is 35.5. The van der Waals surface area contributed by atoms with Gasteiger partial charge in [-0.1, -0.05) is 17.7 Å². The standard InChI is InChI=1S/C21H21ClN2O4/c1-13-4-5-14(22)10-17(13)24-20(25)8-9-21-23-12-19(28-21)16-7-6-15(26-2)11-18(16)27-3/h4-7,10-12H,8-9H2,1-3H3,(H,24,25). The molecule has 2 aromatic carbocycles. The zero-order chi connectivity index (χ0) is 20.1. The molecule has 0 radical (unpaired) electrons. The number of carbonyl (C=O) groups excluding carboxylic acids is 1. The van der Waals surface area contributed by atoms with E-state index in [0.717, 1.165) is 11.1 Å². The highest BCUT2D eigenvalue weighted by Crippen LogP contribution is 2.33. The average molecular weight is 401 g/mol. The molecule has 0 unspecified atom stereocenters. The fourth-order valence-electron chi connectivity index (χ4n) is 2.71. The Morgan fingerprint density at radius 3 is 2.75 bits per heavy atom. The molecule has 1 heterocycles. The summed E-state index contributed by atoms with van der Waals surface area (Å²) in [5.41, 5.74) is 2.41. The van der Waals surface area contributed by atoms with Crippen molar-refractivity contribution in [2.45, 2.75) is 19.8 Å². The number of ether oxygens (including phenoxy) is 2. The summed E-state index contributed by atoms with van der Waals surface area (Å²) >= 11 is 5.98. The van der Waals surface area contributed by atoms with E-state index in [4.69, 9.17) is 25.5 Å². The number of methoxy groups -OCH3 is 2. The number of rotatable bonds is 7. The highest BCUT2D eigenvalue weighted by Gasteiger charge is 2.14. The Bertz CT molecular complexity index is 984. The van der Waals surface area contributed by atoms with Gasteiger partial charge in [0.1, 0.15) is 11.5 Å². The molecule has 6 nitrogen and oxygen atoms in total. The molecule has 7 heteroatoms. The first-order chi connectivity index (χ1) is 13.5.